The van der Waals surface area contributed by atoms with Crippen LogP contribution < -0.4 is 0 Å². The minimum absolute atomic E-state index is 0.620. The summed E-state index contributed by atoms with van der Waals surface area (Å²) in [6.45, 7) is 6.39. The molecular weight excluding hydrogens is 380 g/mol. The van der Waals surface area contributed by atoms with Gasteiger partial charge in [-0.05, 0) is 36.8 Å². The molecule has 0 bridgehead atoms. The molecule has 0 aliphatic rings. The molecule has 0 amide bonds. The average molecular weight is 397 g/mol. The highest BCUT2D eigenvalue weighted by Crippen LogP contribution is 2.31. The number of rotatable bonds is 6. The fraction of sp³-hybridized carbons (Fsp3) is 0.150. The highest BCUT2D eigenvalue weighted by molar-refractivity contribution is 7.98. The number of pyridine rings is 1. The Morgan fingerprint density at radius 1 is 1.26 bits per heavy atom. The molecule has 7 heteroatoms. The summed E-state index contributed by atoms with van der Waals surface area (Å²) in [5.41, 5.74) is 2.96. The van der Waals surface area contributed by atoms with Gasteiger partial charge in [-0.3, -0.25) is 9.55 Å². The number of allylic oxidation sites excluding steroid dienone is 1. The number of benzene rings is 1. The molecule has 1 aromatic carbocycles. The molecule has 5 nitrogen and oxygen atoms in total. The molecule has 136 valence electrons. The number of fused-ring (bicyclic) bond motifs is 1. The second-order valence-corrected chi connectivity index (χ2v) is 7.34. The summed E-state index contributed by atoms with van der Waals surface area (Å²) in [4.78, 5) is 4.50. The highest BCUT2D eigenvalue weighted by Gasteiger charge is 2.17. The predicted octanol–water partition coefficient (Wildman–Crippen LogP) is 5.53. The molecule has 0 aliphatic carbocycles. The van der Waals surface area contributed by atoms with Gasteiger partial charge in [-0.15, -0.1) is 16.8 Å². The minimum Gasteiger partial charge on any atom is -0.469 e. The Morgan fingerprint density at radius 2 is 2.15 bits per heavy atom. The number of furan rings is 1. The van der Waals surface area contributed by atoms with Crippen LogP contribution in [0.5, 0.6) is 0 Å². The van der Waals surface area contributed by atoms with Crippen molar-refractivity contribution in [3.8, 4) is 11.4 Å². The van der Waals surface area contributed by atoms with Crippen LogP contribution in [0.1, 0.15) is 11.3 Å². The van der Waals surface area contributed by atoms with Crippen molar-refractivity contribution in [1.29, 1.82) is 0 Å². The summed E-state index contributed by atoms with van der Waals surface area (Å²) in [6, 6.07) is 9.71. The van der Waals surface area contributed by atoms with Crippen molar-refractivity contribution in [3.05, 3.63) is 71.8 Å². The fourth-order valence-electron chi connectivity index (χ4n) is 2.96. The summed E-state index contributed by atoms with van der Waals surface area (Å²) < 4.78 is 7.46. The average Bonchev–Trinajstić information content (AvgIpc) is 3.28. The van der Waals surface area contributed by atoms with E-state index in [0.717, 1.165) is 38.8 Å². The number of halogens is 1. The second kappa shape index (κ2) is 7.58. The topological polar surface area (TPSA) is 56.7 Å². The van der Waals surface area contributed by atoms with E-state index in [0.29, 0.717) is 17.3 Å². The number of hydrogen-bond donors (Lipinski definition) is 0. The molecule has 0 N–H and O–H groups in total. The van der Waals surface area contributed by atoms with E-state index in [1.54, 1.807) is 24.2 Å². The van der Waals surface area contributed by atoms with Crippen molar-refractivity contribution in [1.82, 2.24) is 19.7 Å². The van der Waals surface area contributed by atoms with Gasteiger partial charge in [0.05, 0.1) is 17.3 Å². The number of aryl methyl sites for hydroxylation is 1. The first-order chi connectivity index (χ1) is 13.2. The molecule has 0 atom stereocenters. The first kappa shape index (κ1) is 17.8. The van der Waals surface area contributed by atoms with E-state index in [2.05, 4.69) is 21.8 Å². The van der Waals surface area contributed by atoms with Crippen LogP contribution in [0.25, 0.3) is 22.3 Å². The Kier molecular flexibility index (Phi) is 5.01. The summed E-state index contributed by atoms with van der Waals surface area (Å²) >= 11 is 7.91. The zero-order valence-corrected chi connectivity index (χ0v) is 16.3. The van der Waals surface area contributed by atoms with E-state index in [9.17, 15) is 0 Å². The molecule has 0 saturated heterocycles. The molecule has 0 spiro atoms. The van der Waals surface area contributed by atoms with Gasteiger partial charge >= 0.3 is 0 Å². The second-order valence-electron chi connectivity index (χ2n) is 5.99. The van der Waals surface area contributed by atoms with Gasteiger partial charge in [0, 0.05) is 28.9 Å². The number of nitrogens with zero attached hydrogens (tertiary/aromatic N) is 4. The lowest BCUT2D eigenvalue weighted by Crippen LogP contribution is -2.01. The molecule has 0 aliphatic heterocycles. The molecule has 0 saturated carbocycles. The van der Waals surface area contributed by atoms with Crippen LogP contribution in [0, 0.1) is 6.92 Å². The van der Waals surface area contributed by atoms with E-state index in [4.69, 9.17) is 16.0 Å². The quantitative estimate of drug-likeness (QED) is 0.317. The first-order valence-corrected chi connectivity index (χ1v) is 9.79. The number of thioether (sulfide) groups is 1. The van der Waals surface area contributed by atoms with E-state index in [1.807, 2.05) is 47.9 Å². The van der Waals surface area contributed by atoms with Crippen LogP contribution in [-0.2, 0) is 12.3 Å². The van der Waals surface area contributed by atoms with Crippen molar-refractivity contribution in [2.24, 2.45) is 0 Å². The van der Waals surface area contributed by atoms with Crippen molar-refractivity contribution in [2.75, 3.05) is 0 Å². The molecule has 3 heterocycles. The molecular formula is C20H17ClN4OS. The van der Waals surface area contributed by atoms with Gasteiger partial charge in [-0.2, -0.15) is 0 Å². The normalized spacial score (nSPS) is 11.2. The molecule has 0 fully saturated rings. The third-order valence-electron chi connectivity index (χ3n) is 4.29. The first-order valence-electron chi connectivity index (χ1n) is 8.42. The Morgan fingerprint density at radius 3 is 2.93 bits per heavy atom. The van der Waals surface area contributed by atoms with Gasteiger partial charge in [0.1, 0.15) is 5.76 Å². The van der Waals surface area contributed by atoms with Gasteiger partial charge in [-0.25, -0.2) is 0 Å². The van der Waals surface area contributed by atoms with E-state index in [-0.39, 0.29) is 0 Å². The fourth-order valence-corrected chi connectivity index (χ4v) is 4.11. The van der Waals surface area contributed by atoms with E-state index >= 15 is 0 Å². The SMILES string of the molecule is C=CCn1c(SCc2ccc(Cl)c3cccnc23)nnc1-c1ccoc1C. The van der Waals surface area contributed by atoms with Crippen LogP contribution in [0.15, 0.2) is 65.0 Å². The summed E-state index contributed by atoms with van der Waals surface area (Å²) in [5, 5.41) is 11.2. The molecule has 0 radical (unpaired) electrons. The minimum atomic E-state index is 0.620. The predicted molar refractivity (Wildman–Crippen MR) is 109 cm³/mol. The standard InChI is InChI=1S/C20H17ClN4OS/c1-3-10-25-19(15-8-11-26-13(15)2)23-24-20(25)27-12-14-6-7-17(21)16-5-4-9-22-18(14)16/h3-9,11H,1,10,12H2,2H3. The summed E-state index contributed by atoms with van der Waals surface area (Å²) in [6.07, 6.45) is 5.29. The van der Waals surface area contributed by atoms with Gasteiger partial charge in [0.25, 0.3) is 0 Å². The van der Waals surface area contributed by atoms with Crippen molar-refractivity contribution < 1.29 is 4.42 Å². The third kappa shape index (κ3) is 3.38. The number of hydrogen-bond acceptors (Lipinski definition) is 5. The third-order valence-corrected chi connectivity index (χ3v) is 5.63. The maximum atomic E-state index is 6.29. The summed E-state index contributed by atoms with van der Waals surface area (Å²) in [5.74, 6) is 2.31. The highest BCUT2D eigenvalue weighted by atomic mass is 35.5. The maximum Gasteiger partial charge on any atom is 0.192 e. The zero-order chi connectivity index (χ0) is 18.8. The Bertz CT molecular complexity index is 1120. The van der Waals surface area contributed by atoms with Gasteiger partial charge < -0.3 is 4.42 Å². The zero-order valence-electron chi connectivity index (χ0n) is 14.7. The lowest BCUT2D eigenvalue weighted by Gasteiger charge is -2.09. The summed E-state index contributed by atoms with van der Waals surface area (Å²) in [7, 11) is 0. The van der Waals surface area contributed by atoms with E-state index < -0.39 is 0 Å². The lowest BCUT2D eigenvalue weighted by molar-refractivity contribution is 0.534. The smallest absolute Gasteiger partial charge is 0.192 e. The molecule has 3 aromatic heterocycles. The van der Waals surface area contributed by atoms with Crippen LogP contribution in [0.2, 0.25) is 5.02 Å². The van der Waals surface area contributed by atoms with Crippen LogP contribution in [-0.4, -0.2) is 19.7 Å². The van der Waals surface area contributed by atoms with Gasteiger partial charge in [0.15, 0.2) is 11.0 Å². The lowest BCUT2D eigenvalue weighted by atomic mass is 10.1. The van der Waals surface area contributed by atoms with Crippen molar-refractivity contribution in [3.63, 3.8) is 0 Å². The van der Waals surface area contributed by atoms with Crippen LogP contribution >= 0.6 is 23.4 Å². The molecule has 0 unspecified atom stereocenters. The monoisotopic (exact) mass is 396 g/mol. The van der Waals surface area contributed by atoms with Gasteiger partial charge in [-0.1, -0.05) is 35.5 Å². The molecule has 27 heavy (non-hydrogen) atoms. The van der Waals surface area contributed by atoms with Gasteiger partial charge in [0.2, 0.25) is 0 Å². The Balaban J connectivity index is 1.66. The van der Waals surface area contributed by atoms with Crippen LogP contribution in [0.3, 0.4) is 0 Å². The molecule has 4 rings (SSSR count). The van der Waals surface area contributed by atoms with E-state index in [1.165, 1.54) is 0 Å². The number of aromatic nitrogens is 4. The Labute approximate surface area is 166 Å². The molecule has 4 aromatic rings. The maximum absolute atomic E-state index is 6.29. The largest absolute Gasteiger partial charge is 0.469 e. The van der Waals surface area contributed by atoms with Crippen molar-refractivity contribution in [2.45, 2.75) is 24.4 Å². The Hall–Kier alpha value is -2.57. The van der Waals surface area contributed by atoms with Crippen molar-refractivity contribution >= 4 is 34.3 Å². The van der Waals surface area contributed by atoms with Crippen LogP contribution in [0.4, 0.5) is 0 Å².